The molecule has 1 saturated heterocycles. The van der Waals surface area contributed by atoms with Gasteiger partial charge >= 0.3 is 11.9 Å². The van der Waals surface area contributed by atoms with Crippen LogP contribution in [0.3, 0.4) is 0 Å². The van der Waals surface area contributed by atoms with Crippen LogP contribution >= 0.6 is 24.4 Å². The summed E-state index contributed by atoms with van der Waals surface area (Å²) in [6.45, 7) is 0.625. The maximum absolute atomic E-state index is 13.6. The second-order valence-corrected chi connectivity index (χ2v) is 12.9. The highest BCUT2D eigenvalue weighted by molar-refractivity contribution is 7.80. The van der Waals surface area contributed by atoms with Crippen LogP contribution < -0.4 is 5.56 Å². The average molecular weight is 761 g/mol. The van der Waals surface area contributed by atoms with Crippen molar-refractivity contribution in [2.75, 3.05) is 6.54 Å². The van der Waals surface area contributed by atoms with Crippen LogP contribution in [0, 0.1) is 4.77 Å². The van der Waals surface area contributed by atoms with Gasteiger partial charge in [0.2, 0.25) is 5.88 Å². The van der Waals surface area contributed by atoms with Gasteiger partial charge in [-0.2, -0.15) is 0 Å². The standard InChI is InChI=1S/C37H40N6O8S2/c44-30(45)16-6-2-8-20-40-32(48)28(34(50)42(36(40)52)24-26-12-10-18-38-22-26)14-4-1-5-15-29-33(49)41(21-9-3-7-17-31(46)47)37(53)43(35(29)51)25-27-13-11-19-39-23-27/h1,4-5,10-15,18-19,22-23,50H,2-3,6-9,16-17,20-21,24-25H2,(H,44,45)(H,46,47)/b5-1+,14-4+,29-15-. The number of aromatic hydroxyl groups is 1. The smallest absolute Gasteiger partial charge is 0.303 e. The van der Waals surface area contributed by atoms with Gasteiger partial charge in [-0.3, -0.25) is 52.9 Å². The van der Waals surface area contributed by atoms with Gasteiger partial charge in [-0.05, 0) is 85.5 Å². The van der Waals surface area contributed by atoms with Crippen molar-refractivity contribution >= 4 is 59.4 Å². The van der Waals surface area contributed by atoms with Gasteiger partial charge in [0, 0.05) is 50.7 Å². The van der Waals surface area contributed by atoms with Crippen LogP contribution in [0.15, 0.2) is 83.7 Å². The molecule has 4 heterocycles. The topological polar surface area (TPSA) is 188 Å². The monoisotopic (exact) mass is 760 g/mol. The number of allylic oxidation sites excluding steroid dienone is 4. The molecule has 278 valence electrons. The minimum Gasteiger partial charge on any atom is -0.494 e. The van der Waals surface area contributed by atoms with E-state index in [1.807, 2.05) is 0 Å². The molecule has 0 bridgehead atoms. The van der Waals surface area contributed by atoms with Crippen molar-refractivity contribution in [2.24, 2.45) is 0 Å². The summed E-state index contributed by atoms with van der Waals surface area (Å²) in [6, 6.07) is 7.05. The molecule has 0 unspecified atom stereocenters. The molecular weight excluding hydrogens is 721 g/mol. The predicted octanol–water partition coefficient (Wildman–Crippen LogP) is 4.86. The molecule has 3 N–H and O–H groups in total. The summed E-state index contributed by atoms with van der Waals surface area (Å²) < 4.78 is 2.89. The Hall–Kier alpha value is -5.61. The molecule has 1 fully saturated rings. The quantitative estimate of drug-likeness (QED) is 0.0496. The number of nitrogens with zero attached hydrogens (tertiary/aromatic N) is 6. The molecule has 0 saturated carbocycles. The van der Waals surface area contributed by atoms with Crippen LogP contribution in [0.1, 0.15) is 68.1 Å². The van der Waals surface area contributed by atoms with Gasteiger partial charge in [0.25, 0.3) is 17.4 Å². The summed E-state index contributed by atoms with van der Waals surface area (Å²) >= 11 is 11.2. The molecule has 0 aromatic carbocycles. The van der Waals surface area contributed by atoms with E-state index in [1.54, 1.807) is 49.1 Å². The minimum absolute atomic E-state index is 0.00952. The van der Waals surface area contributed by atoms with Crippen molar-refractivity contribution in [3.8, 4) is 5.88 Å². The number of carbonyl (C=O) groups is 4. The van der Waals surface area contributed by atoms with E-state index in [2.05, 4.69) is 9.97 Å². The lowest BCUT2D eigenvalue weighted by atomic mass is 10.1. The molecule has 16 heteroatoms. The third kappa shape index (κ3) is 11.2. The first kappa shape index (κ1) is 40.2. The number of hydrogen-bond acceptors (Lipinski definition) is 10. The lowest BCUT2D eigenvalue weighted by Gasteiger charge is -2.36. The highest BCUT2D eigenvalue weighted by atomic mass is 32.1. The van der Waals surface area contributed by atoms with E-state index in [9.17, 15) is 29.1 Å². The molecule has 3 aromatic rings. The highest BCUT2D eigenvalue weighted by Gasteiger charge is 2.38. The van der Waals surface area contributed by atoms with Gasteiger partial charge in [0.1, 0.15) is 11.1 Å². The van der Waals surface area contributed by atoms with E-state index >= 15 is 0 Å². The molecule has 4 rings (SSSR count). The second kappa shape index (κ2) is 19.8. The van der Waals surface area contributed by atoms with Crippen molar-refractivity contribution in [2.45, 2.75) is 71.0 Å². The number of carboxylic acid groups (broad SMARTS) is 2. The highest BCUT2D eigenvalue weighted by Crippen LogP contribution is 2.22. The van der Waals surface area contributed by atoms with Crippen molar-refractivity contribution in [1.29, 1.82) is 0 Å². The second-order valence-electron chi connectivity index (χ2n) is 12.1. The molecule has 0 atom stereocenters. The van der Waals surface area contributed by atoms with E-state index in [-0.39, 0.29) is 65.9 Å². The molecule has 3 aromatic heterocycles. The van der Waals surface area contributed by atoms with E-state index in [1.165, 1.54) is 49.3 Å². The number of hydrogen-bond donors (Lipinski definition) is 3. The van der Waals surface area contributed by atoms with Gasteiger partial charge in [-0.25, -0.2) is 0 Å². The number of rotatable bonds is 19. The predicted molar refractivity (Wildman–Crippen MR) is 202 cm³/mol. The Morgan fingerprint density at radius 2 is 1.30 bits per heavy atom. The summed E-state index contributed by atoms with van der Waals surface area (Å²) in [5.41, 5.74) is 0.716. The molecule has 53 heavy (non-hydrogen) atoms. The Bertz CT molecular complexity index is 2030. The number of thiocarbonyl (C=S) groups is 1. The lowest BCUT2D eigenvalue weighted by molar-refractivity contribution is -0.138. The Morgan fingerprint density at radius 1 is 0.717 bits per heavy atom. The Balaban J connectivity index is 1.60. The molecule has 0 radical (unpaired) electrons. The van der Waals surface area contributed by atoms with Crippen molar-refractivity contribution < 1.29 is 34.5 Å². The number of unbranched alkanes of at least 4 members (excludes halogenated alkanes) is 4. The lowest BCUT2D eigenvalue weighted by Crippen LogP contribution is -2.56. The first-order chi connectivity index (χ1) is 25.5. The third-order valence-corrected chi connectivity index (χ3v) is 9.15. The number of carboxylic acids is 2. The fraction of sp³-hybridized carbons (Fsp3) is 0.324. The van der Waals surface area contributed by atoms with Crippen LogP contribution in [0.2, 0.25) is 0 Å². The number of amides is 2. The van der Waals surface area contributed by atoms with Crippen LogP contribution in [-0.4, -0.2) is 79.6 Å². The first-order valence-electron chi connectivity index (χ1n) is 17.0. The number of carbonyl (C=O) groups excluding carboxylic acids is 2. The van der Waals surface area contributed by atoms with Crippen molar-refractivity contribution in [3.63, 3.8) is 0 Å². The summed E-state index contributed by atoms with van der Waals surface area (Å²) in [7, 11) is 0. The van der Waals surface area contributed by atoms with Gasteiger partial charge in [0.05, 0.1) is 13.1 Å². The van der Waals surface area contributed by atoms with Crippen molar-refractivity contribution in [1.82, 2.24) is 28.9 Å². The van der Waals surface area contributed by atoms with Gasteiger partial charge in [-0.15, -0.1) is 0 Å². The maximum atomic E-state index is 13.6. The van der Waals surface area contributed by atoms with Gasteiger partial charge < -0.3 is 15.3 Å². The Morgan fingerprint density at radius 3 is 1.89 bits per heavy atom. The number of aliphatic carboxylic acids is 2. The number of aromatic nitrogens is 4. The zero-order valence-corrected chi connectivity index (χ0v) is 30.5. The third-order valence-electron chi connectivity index (χ3n) is 8.27. The largest absolute Gasteiger partial charge is 0.494 e. The summed E-state index contributed by atoms with van der Waals surface area (Å²) in [4.78, 5) is 73.4. The van der Waals surface area contributed by atoms with Gasteiger partial charge in [-0.1, -0.05) is 43.2 Å². The normalized spacial score (nSPS) is 14.3. The van der Waals surface area contributed by atoms with Crippen LogP contribution in [-0.2, 0) is 38.8 Å². The summed E-state index contributed by atoms with van der Waals surface area (Å²) in [5.74, 6) is -3.34. The van der Waals surface area contributed by atoms with Crippen LogP contribution in [0.5, 0.6) is 5.88 Å². The molecule has 0 aliphatic carbocycles. The first-order valence-corrected chi connectivity index (χ1v) is 17.8. The van der Waals surface area contributed by atoms with Gasteiger partial charge in [0.15, 0.2) is 9.88 Å². The average Bonchev–Trinajstić information content (AvgIpc) is 3.13. The fourth-order valence-corrected chi connectivity index (χ4v) is 6.18. The van der Waals surface area contributed by atoms with E-state index < -0.39 is 29.3 Å². The Kier molecular flexibility index (Phi) is 15.0. The van der Waals surface area contributed by atoms with E-state index in [0.717, 1.165) is 5.56 Å². The van der Waals surface area contributed by atoms with E-state index in [4.69, 9.17) is 34.6 Å². The summed E-state index contributed by atoms with van der Waals surface area (Å²) in [6.07, 6.45) is 16.6. The zero-order valence-electron chi connectivity index (χ0n) is 28.9. The van der Waals surface area contributed by atoms with E-state index in [0.29, 0.717) is 44.1 Å². The van der Waals surface area contributed by atoms with Crippen LogP contribution in [0.4, 0.5) is 0 Å². The molecule has 2 amide bonds. The fourth-order valence-electron chi connectivity index (χ4n) is 5.54. The SMILES string of the molecule is O=C(O)CCCCCN1C(=O)/C(=C/C=C/C=C/c2c(O)n(Cc3cccnc3)c(=S)n(CCCCCC(=O)O)c2=O)C(=O)N(Cc2cccnc2)C1=S. The van der Waals surface area contributed by atoms with Crippen LogP contribution in [0.25, 0.3) is 6.08 Å². The number of pyridine rings is 2. The molecule has 0 spiro atoms. The summed E-state index contributed by atoms with van der Waals surface area (Å²) in [5, 5.41) is 29.2. The molecule has 14 nitrogen and oxygen atoms in total. The molecule has 1 aliphatic rings. The maximum Gasteiger partial charge on any atom is 0.303 e. The molecule has 1 aliphatic heterocycles. The minimum atomic E-state index is -0.902. The van der Waals surface area contributed by atoms with Crippen molar-refractivity contribution in [3.05, 3.63) is 111 Å². The molecular formula is C37H40N6O8S2. The zero-order chi connectivity index (χ0) is 38.3. The Labute approximate surface area is 316 Å².